The van der Waals surface area contributed by atoms with E-state index in [1.54, 1.807) is 6.26 Å². The van der Waals surface area contributed by atoms with Crippen molar-refractivity contribution in [2.24, 2.45) is 0 Å². The molecule has 0 radical (unpaired) electrons. The molecule has 70 valence electrons. The third kappa shape index (κ3) is 0.976. The van der Waals surface area contributed by atoms with Crippen LogP contribution >= 0.6 is 11.6 Å². The smallest absolute Gasteiger partial charge is 0.197 e. The summed E-state index contributed by atoms with van der Waals surface area (Å²) in [4.78, 5) is 0. The lowest BCUT2D eigenvalue weighted by Crippen LogP contribution is -2.24. The molecule has 3 rings (SSSR count). The van der Waals surface area contributed by atoms with Crippen molar-refractivity contribution in [3.63, 3.8) is 0 Å². The van der Waals surface area contributed by atoms with Crippen molar-refractivity contribution in [2.75, 3.05) is 5.32 Å². The summed E-state index contributed by atoms with van der Waals surface area (Å²) in [5.74, 6) is 0. The van der Waals surface area contributed by atoms with Crippen LogP contribution in [0.3, 0.4) is 0 Å². The average molecular weight is 206 g/mol. The molecule has 1 N–H and O–H groups in total. The van der Waals surface area contributed by atoms with Crippen LogP contribution in [0, 0.1) is 0 Å². The predicted octanol–water partition coefficient (Wildman–Crippen LogP) is 2.93. The molecule has 0 aliphatic carbocycles. The van der Waals surface area contributed by atoms with Gasteiger partial charge < -0.3 is 10.1 Å². The highest BCUT2D eigenvalue weighted by molar-refractivity contribution is 6.50. The summed E-state index contributed by atoms with van der Waals surface area (Å²) in [6.45, 7) is 0. The monoisotopic (exact) mass is 205 g/mol. The van der Waals surface area contributed by atoms with E-state index in [1.807, 2.05) is 30.3 Å². The van der Waals surface area contributed by atoms with Gasteiger partial charge in [-0.1, -0.05) is 29.8 Å². The summed E-state index contributed by atoms with van der Waals surface area (Å²) in [7, 11) is 0. The number of anilines is 1. The Morgan fingerprint density at radius 3 is 3.07 bits per heavy atom. The van der Waals surface area contributed by atoms with E-state index in [1.165, 1.54) is 0 Å². The molecule has 1 atom stereocenters. The zero-order valence-electron chi connectivity index (χ0n) is 7.33. The van der Waals surface area contributed by atoms with Crippen LogP contribution in [0.15, 0.2) is 42.2 Å². The number of fused-ring (bicyclic) bond motifs is 2. The largest absolute Gasteiger partial charge is 0.474 e. The van der Waals surface area contributed by atoms with Gasteiger partial charge in [-0.25, -0.2) is 0 Å². The third-order valence-electron chi connectivity index (χ3n) is 2.45. The van der Waals surface area contributed by atoms with Crippen LogP contribution in [-0.4, -0.2) is 6.23 Å². The van der Waals surface area contributed by atoms with E-state index in [0.29, 0.717) is 0 Å². The van der Waals surface area contributed by atoms with Crippen LogP contribution in [0.25, 0.3) is 5.03 Å². The van der Waals surface area contributed by atoms with Gasteiger partial charge >= 0.3 is 0 Å². The lowest BCUT2D eigenvalue weighted by Gasteiger charge is -2.24. The summed E-state index contributed by atoms with van der Waals surface area (Å²) >= 11 is 6.26. The van der Waals surface area contributed by atoms with E-state index in [9.17, 15) is 0 Å². The molecular formula is C11H8ClNO. The summed E-state index contributed by atoms with van der Waals surface area (Å²) < 4.78 is 5.35. The average Bonchev–Trinajstić information content (AvgIpc) is 2.66. The summed E-state index contributed by atoms with van der Waals surface area (Å²) in [6.07, 6.45) is 3.45. The zero-order valence-corrected chi connectivity index (χ0v) is 8.08. The van der Waals surface area contributed by atoms with Crippen molar-refractivity contribution in [3.8, 4) is 0 Å². The highest BCUT2D eigenvalue weighted by Crippen LogP contribution is 2.38. The van der Waals surface area contributed by atoms with Crippen LogP contribution in [0.2, 0.25) is 0 Å². The Bertz CT molecular complexity index is 450. The van der Waals surface area contributed by atoms with Gasteiger partial charge in [0.05, 0.1) is 11.3 Å². The maximum Gasteiger partial charge on any atom is 0.197 e. The standard InChI is InChI=1S/C11H8ClNO/c12-10-7-3-1-2-4-9(7)13-11-8(10)5-6-14-11/h1-6,11,13H. The fourth-order valence-corrected chi connectivity index (χ4v) is 2.08. The number of hydrogen-bond donors (Lipinski definition) is 1. The van der Waals surface area contributed by atoms with E-state index in [2.05, 4.69) is 5.32 Å². The molecule has 0 saturated carbocycles. The molecule has 1 aromatic rings. The number of nitrogens with one attached hydrogen (secondary N) is 1. The zero-order chi connectivity index (χ0) is 9.54. The molecule has 2 nitrogen and oxygen atoms in total. The molecule has 0 fully saturated rings. The molecular weight excluding hydrogens is 198 g/mol. The van der Waals surface area contributed by atoms with Gasteiger partial charge in [-0.05, 0) is 12.1 Å². The van der Waals surface area contributed by atoms with Gasteiger partial charge in [0.25, 0.3) is 0 Å². The molecule has 2 aliphatic heterocycles. The minimum absolute atomic E-state index is 0.114. The minimum Gasteiger partial charge on any atom is -0.474 e. The quantitative estimate of drug-likeness (QED) is 0.703. The SMILES string of the molecule is ClC1=C2C=COC2Nc2ccccc21. The van der Waals surface area contributed by atoms with Crippen LogP contribution in [0.4, 0.5) is 5.69 Å². The normalized spacial score (nSPS) is 22.5. The predicted molar refractivity (Wildman–Crippen MR) is 56.9 cm³/mol. The maximum atomic E-state index is 6.26. The fraction of sp³-hybridized carbons (Fsp3) is 0.0909. The Morgan fingerprint density at radius 2 is 2.14 bits per heavy atom. The third-order valence-corrected chi connectivity index (χ3v) is 2.87. The molecule has 0 bridgehead atoms. The molecule has 2 heterocycles. The summed E-state index contributed by atoms with van der Waals surface area (Å²) in [6, 6.07) is 7.95. The first-order valence-electron chi connectivity index (χ1n) is 4.44. The summed E-state index contributed by atoms with van der Waals surface area (Å²) in [5, 5.41) is 4.04. The number of benzene rings is 1. The van der Waals surface area contributed by atoms with Gasteiger partial charge in [-0.15, -0.1) is 0 Å². The molecule has 0 amide bonds. The Labute approximate surface area is 86.8 Å². The Kier molecular flexibility index (Phi) is 1.58. The highest BCUT2D eigenvalue weighted by atomic mass is 35.5. The Balaban J connectivity index is 2.22. The van der Waals surface area contributed by atoms with Crippen molar-refractivity contribution in [1.82, 2.24) is 0 Å². The van der Waals surface area contributed by atoms with E-state index in [-0.39, 0.29) is 6.23 Å². The number of hydrogen-bond acceptors (Lipinski definition) is 2. The highest BCUT2D eigenvalue weighted by Gasteiger charge is 2.27. The minimum atomic E-state index is -0.114. The molecule has 3 heteroatoms. The first kappa shape index (κ1) is 7.94. The second kappa shape index (κ2) is 2.79. The lowest BCUT2D eigenvalue weighted by molar-refractivity contribution is 0.222. The van der Waals surface area contributed by atoms with Gasteiger partial charge in [0.15, 0.2) is 6.23 Å². The van der Waals surface area contributed by atoms with Gasteiger partial charge in [-0.2, -0.15) is 0 Å². The lowest BCUT2D eigenvalue weighted by atomic mass is 10.0. The first-order chi connectivity index (χ1) is 6.86. The van der Waals surface area contributed by atoms with Gasteiger partial charge in [0, 0.05) is 16.8 Å². The van der Waals surface area contributed by atoms with Crippen molar-refractivity contribution < 1.29 is 4.74 Å². The van der Waals surface area contributed by atoms with Crippen LogP contribution in [0.5, 0.6) is 0 Å². The number of rotatable bonds is 0. The number of ether oxygens (including phenoxy) is 1. The van der Waals surface area contributed by atoms with E-state index in [4.69, 9.17) is 16.3 Å². The van der Waals surface area contributed by atoms with Crippen molar-refractivity contribution in [1.29, 1.82) is 0 Å². The second-order valence-electron chi connectivity index (χ2n) is 3.28. The molecule has 0 saturated heterocycles. The second-order valence-corrected chi connectivity index (χ2v) is 3.66. The molecule has 1 aromatic carbocycles. The summed E-state index contributed by atoms with van der Waals surface area (Å²) in [5.41, 5.74) is 3.07. The molecule has 1 unspecified atom stereocenters. The van der Waals surface area contributed by atoms with Crippen molar-refractivity contribution in [2.45, 2.75) is 6.23 Å². The van der Waals surface area contributed by atoms with Crippen molar-refractivity contribution >= 4 is 22.3 Å². The maximum absolute atomic E-state index is 6.26. The van der Waals surface area contributed by atoms with Crippen molar-refractivity contribution in [3.05, 3.63) is 47.7 Å². The van der Waals surface area contributed by atoms with Crippen LogP contribution in [0.1, 0.15) is 5.56 Å². The molecule has 0 aromatic heterocycles. The van der Waals surface area contributed by atoms with Gasteiger partial charge in [0.1, 0.15) is 0 Å². The number of halogens is 1. The van der Waals surface area contributed by atoms with E-state index < -0.39 is 0 Å². The first-order valence-corrected chi connectivity index (χ1v) is 4.82. The van der Waals surface area contributed by atoms with Crippen LogP contribution < -0.4 is 5.32 Å². The number of para-hydroxylation sites is 1. The fourth-order valence-electron chi connectivity index (χ4n) is 1.75. The molecule has 14 heavy (non-hydrogen) atoms. The van der Waals surface area contributed by atoms with E-state index >= 15 is 0 Å². The topological polar surface area (TPSA) is 21.3 Å². The molecule has 2 aliphatic rings. The van der Waals surface area contributed by atoms with E-state index in [0.717, 1.165) is 21.9 Å². The molecule has 0 spiro atoms. The van der Waals surface area contributed by atoms with Gasteiger partial charge in [-0.3, -0.25) is 0 Å². The van der Waals surface area contributed by atoms with Gasteiger partial charge in [0.2, 0.25) is 0 Å². The van der Waals surface area contributed by atoms with Crippen LogP contribution in [-0.2, 0) is 4.74 Å². The Morgan fingerprint density at radius 1 is 1.29 bits per heavy atom. The Hall–Kier alpha value is -1.41.